The van der Waals surface area contributed by atoms with E-state index in [2.05, 4.69) is 313 Å². The van der Waals surface area contributed by atoms with Crippen molar-refractivity contribution in [3.63, 3.8) is 0 Å². The summed E-state index contributed by atoms with van der Waals surface area (Å²) in [5.74, 6) is 0. The summed E-state index contributed by atoms with van der Waals surface area (Å²) in [4.78, 5) is 17.9. The summed E-state index contributed by atoms with van der Waals surface area (Å²) in [6, 6.07) is 56.6. The molecule has 0 amide bonds. The lowest BCUT2D eigenvalue weighted by atomic mass is 9.93. The minimum Gasteiger partial charge on any atom is -0.260 e. The number of aryl methyl sites for hydroxylation is 18. The van der Waals surface area contributed by atoms with E-state index in [1.54, 1.807) is 0 Å². The van der Waals surface area contributed by atoms with Crippen LogP contribution in [0.3, 0.4) is 0 Å². The summed E-state index contributed by atoms with van der Waals surface area (Å²) >= 11 is 0. The van der Waals surface area contributed by atoms with Crippen molar-refractivity contribution in [3.05, 3.63) is 383 Å². The van der Waals surface area contributed by atoms with Gasteiger partial charge in [-0.25, -0.2) is 0 Å². The number of rotatable bonds is 0. The molecular weight excluding hydrogens is 1380 g/mol. The average molecular weight is 1490 g/mol. The van der Waals surface area contributed by atoms with Crippen molar-refractivity contribution < 1.29 is 0 Å². The van der Waals surface area contributed by atoms with Crippen LogP contribution in [0.25, 0.3) is 77.9 Å². The maximum absolute atomic E-state index is 4.49. The van der Waals surface area contributed by atoms with Gasteiger partial charge in [0.25, 0.3) is 0 Å². The summed E-state index contributed by atoms with van der Waals surface area (Å²) in [6.07, 6.45) is 14.9. The first-order valence-electron chi connectivity index (χ1n) is 41.3. The van der Waals surface area contributed by atoms with Crippen LogP contribution in [0.1, 0.15) is 206 Å². The van der Waals surface area contributed by atoms with Crippen molar-refractivity contribution in [2.75, 3.05) is 0 Å². The van der Waals surface area contributed by atoms with Gasteiger partial charge in [-0.2, -0.15) is 0 Å². The van der Waals surface area contributed by atoms with Gasteiger partial charge in [0, 0.05) is 72.7 Å². The molecule has 7 aliphatic carbocycles. The second-order valence-corrected chi connectivity index (χ2v) is 34.3. The molecule has 0 N–H and O–H groups in total. The third kappa shape index (κ3) is 14.8. The molecule has 114 heavy (non-hydrogen) atoms. The van der Waals surface area contributed by atoms with E-state index >= 15 is 0 Å². The van der Waals surface area contributed by atoms with Gasteiger partial charge >= 0.3 is 0 Å². The molecule has 0 atom stereocenters. The lowest BCUT2D eigenvalue weighted by Gasteiger charge is -2.11. The molecule has 7 aliphatic rings. The Hall–Kier alpha value is -11.2. The Morgan fingerprint density at radius 1 is 0.175 bits per heavy atom. The molecule has 0 saturated carbocycles. The van der Waals surface area contributed by atoms with Gasteiger partial charge in [0.05, 0.1) is 22.8 Å². The lowest BCUT2D eigenvalue weighted by Crippen LogP contribution is -1.93. The van der Waals surface area contributed by atoms with Crippen molar-refractivity contribution in [2.24, 2.45) is 0 Å². The number of fused-ring (bicyclic) bond motifs is 21. The molecule has 10 aromatic carbocycles. The van der Waals surface area contributed by atoms with Gasteiger partial charge in [-0.15, -0.1) is 0 Å². The van der Waals surface area contributed by atoms with Gasteiger partial charge in [-0.1, -0.05) is 133 Å². The molecule has 4 heteroatoms. The molecule has 0 fully saturated rings. The summed E-state index contributed by atoms with van der Waals surface area (Å²) < 4.78 is 0. The number of hydrogen-bond acceptors (Lipinski definition) is 4. The van der Waals surface area contributed by atoms with Crippen molar-refractivity contribution >= 4 is 0 Å². The lowest BCUT2D eigenvalue weighted by molar-refractivity contribution is 1.10. The van der Waals surface area contributed by atoms with Gasteiger partial charge in [0.2, 0.25) is 0 Å². The largest absolute Gasteiger partial charge is 0.260 e. The Morgan fingerprint density at radius 3 is 1.07 bits per heavy atom. The summed E-state index contributed by atoms with van der Waals surface area (Å²) in [7, 11) is 0. The van der Waals surface area contributed by atoms with E-state index in [1.807, 2.05) is 43.0 Å². The quantitative estimate of drug-likeness (QED) is 0.152. The monoisotopic (exact) mass is 1490 g/mol. The topological polar surface area (TPSA) is 51.6 Å². The zero-order valence-corrected chi connectivity index (χ0v) is 72.0. The maximum atomic E-state index is 4.49. The fourth-order valence-electron chi connectivity index (χ4n) is 18.6. The predicted octanol–water partition coefficient (Wildman–Crippen LogP) is 27.5. The van der Waals surface area contributed by atoms with Crippen molar-refractivity contribution in [1.82, 2.24) is 19.9 Å². The summed E-state index contributed by atoms with van der Waals surface area (Å²) in [5.41, 5.74) is 71.5. The van der Waals surface area contributed by atoms with Crippen LogP contribution in [0.2, 0.25) is 0 Å². The van der Waals surface area contributed by atoms with E-state index in [9.17, 15) is 0 Å². The van der Waals surface area contributed by atoms with Crippen LogP contribution in [0, 0.1) is 159 Å². The Kier molecular flexibility index (Phi) is 21.4. The normalized spacial score (nSPS) is 12.4. The van der Waals surface area contributed by atoms with E-state index < -0.39 is 0 Å². The van der Waals surface area contributed by atoms with E-state index in [0.29, 0.717) is 0 Å². The van der Waals surface area contributed by atoms with Crippen LogP contribution in [0.5, 0.6) is 0 Å². The van der Waals surface area contributed by atoms with Crippen LogP contribution in [-0.4, -0.2) is 19.9 Å². The molecule has 0 unspecified atom stereocenters. The first-order chi connectivity index (χ1) is 54.5. The zero-order valence-electron chi connectivity index (χ0n) is 72.0. The van der Waals surface area contributed by atoms with Crippen LogP contribution in [-0.2, 0) is 44.9 Å². The first kappa shape index (κ1) is 78.1. The third-order valence-corrected chi connectivity index (χ3v) is 26.8. The molecule has 4 nitrogen and oxygen atoms in total. The standard InChI is InChI=1S/3C17H18.3C15H15N.C14H13N/c1-10-5-14-9-15-6-11(2)13(4)8-17(15)16(14)7-12(10)3;1-10-5-13(4)15-9-14-7-11(2)12(3)8-16(14)17(15)6-10;1-10-5-6-15-16(13(10)4)9-14-7-11(2)12(3)8-17(14)15;1-9-4-5-16-14-8-12-6-10(2)11(3)7-13(12)15(9)14;1-9-7-12-8-14-13(5-4-6-16-14)15(12)11(3)10(9)2;1-9-7-14-12-5-4-6-16-15(12)8-13(14)11(3)10(9)2;1-9-6-11-8-14-12(4-3-5-15-14)13(11)7-10(9)2/h3*5-8H,9H2,1-4H3;3*4-7H,8H2,1-3H3;3-7H,8H2,1-2H3. The number of nitrogens with zero attached hydrogens (tertiary/aromatic N) is 4. The van der Waals surface area contributed by atoms with Gasteiger partial charge in [-0.05, 0) is 436 Å². The molecule has 0 aliphatic heterocycles. The van der Waals surface area contributed by atoms with E-state index in [-0.39, 0.29) is 0 Å². The van der Waals surface area contributed by atoms with E-state index in [0.717, 1.165) is 44.9 Å². The molecule has 4 aromatic heterocycles. The van der Waals surface area contributed by atoms with Gasteiger partial charge in [0.15, 0.2) is 0 Å². The smallest absolute Gasteiger partial charge is 0.0528 e. The van der Waals surface area contributed by atoms with E-state index in [1.165, 1.54) is 284 Å². The van der Waals surface area contributed by atoms with Crippen molar-refractivity contribution in [1.29, 1.82) is 0 Å². The number of aromatic nitrogens is 4. The van der Waals surface area contributed by atoms with Crippen molar-refractivity contribution in [2.45, 2.75) is 204 Å². The van der Waals surface area contributed by atoms with Crippen LogP contribution in [0.15, 0.2) is 176 Å². The average Bonchev–Trinajstić information content (AvgIpc) is 1.63. The third-order valence-electron chi connectivity index (χ3n) is 26.8. The SMILES string of the molecule is Cc1cc(C)c2c(c1)-c1cc(C)c(C)cc1C2.Cc1cc2c(c(C)c1C)-c1cccnc1C2.Cc1cc2c(c(C)c1C)Cc1ncccc1-2.Cc1cc2c(cc1C)-c1c(C)ccnc1C2.Cc1cc2c(cc1C)-c1cc(C)c(C)cc1C2.Cc1cc2c(cc1C)-c1ccc(C)c(C)c1C2.Cc1cc2c(cc1C)-c1cccnc1C2. The number of pyridine rings is 4. The van der Waals surface area contributed by atoms with Gasteiger partial charge in [0.1, 0.15) is 0 Å². The Bertz CT molecular complexity index is 6210. The molecule has 21 rings (SSSR count). The highest BCUT2D eigenvalue weighted by Crippen LogP contribution is 2.47. The molecule has 0 radical (unpaired) electrons. The predicted molar refractivity (Wildman–Crippen MR) is 483 cm³/mol. The van der Waals surface area contributed by atoms with E-state index in [4.69, 9.17) is 0 Å². The zero-order chi connectivity index (χ0) is 80.7. The van der Waals surface area contributed by atoms with Gasteiger partial charge in [-0.3, -0.25) is 19.9 Å². The van der Waals surface area contributed by atoms with Crippen molar-refractivity contribution in [3.8, 4) is 77.9 Å². The van der Waals surface area contributed by atoms with Crippen LogP contribution < -0.4 is 0 Å². The fraction of sp³-hybridized carbons (Fsp3) is 0.273. The Balaban J connectivity index is 0.000000105. The number of benzene rings is 10. The second-order valence-electron chi connectivity index (χ2n) is 34.3. The highest BCUT2D eigenvalue weighted by Gasteiger charge is 2.29. The van der Waals surface area contributed by atoms with Crippen LogP contribution >= 0.6 is 0 Å². The molecule has 0 bridgehead atoms. The highest BCUT2D eigenvalue weighted by atomic mass is 14.7. The minimum absolute atomic E-state index is 0.993. The highest BCUT2D eigenvalue weighted by molar-refractivity contribution is 5.85. The molecule has 14 aromatic rings. The molecule has 572 valence electrons. The number of hydrogen-bond donors (Lipinski definition) is 0. The second kappa shape index (κ2) is 31.3. The molecular formula is C110H112N4. The molecule has 0 spiro atoms. The van der Waals surface area contributed by atoms with Crippen LogP contribution in [0.4, 0.5) is 0 Å². The Morgan fingerprint density at radius 2 is 0.526 bits per heavy atom. The minimum atomic E-state index is 0.993. The summed E-state index contributed by atoms with van der Waals surface area (Å²) in [6.45, 7) is 50.6. The molecule has 0 saturated heterocycles. The first-order valence-corrected chi connectivity index (χ1v) is 41.3. The van der Waals surface area contributed by atoms with Gasteiger partial charge < -0.3 is 0 Å². The Labute approximate surface area is 680 Å². The summed E-state index contributed by atoms with van der Waals surface area (Å²) in [5, 5.41) is 0. The molecule has 4 heterocycles. The fourth-order valence-corrected chi connectivity index (χ4v) is 18.6. The maximum Gasteiger partial charge on any atom is 0.0528 e.